The Hall–Kier alpha value is -3.12. The van der Waals surface area contributed by atoms with Crippen molar-refractivity contribution in [3.05, 3.63) is 94.0 Å². The molecular weight excluding hydrogens is 458 g/mol. The van der Waals surface area contributed by atoms with Crippen LogP contribution in [-0.4, -0.2) is 29.8 Å². The topological polar surface area (TPSA) is 75.6 Å². The molecule has 0 aromatic heterocycles. The standard InChI is InChI=1S/C25H22BrNO4/c26-17-12-9-16(10-13-17)11-14-23(24(28)29)27-25(30)31-15-22-20-7-3-1-5-18(20)19-6-2-4-8-21(19)22/h1-10,12-13,22-23H,11,14-15H2,(H,27,30)(H,28,29)/t23-/m1/s1. The fourth-order valence-corrected chi connectivity index (χ4v) is 4.27. The summed E-state index contributed by atoms with van der Waals surface area (Å²) in [6, 6.07) is 22.8. The Labute approximate surface area is 189 Å². The molecule has 5 nitrogen and oxygen atoms in total. The zero-order valence-electron chi connectivity index (χ0n) is 16.8. The summed E-state index contributed by atoms with van der Waals surface area (Å²) >= 11 is 3.38. The number of amides is 1. The molecule has 0 bridgehead atoms. The monoisotopic (exact) mass is 479 g/mol. The van der Waals surface area contributed by atoms with Gasteiger partial charge in [0.15, 0.2) is 0 Å². The molecule has 31 heavy (non-hydrogen) atoms. The van der Waals surface area contributed by atoms with Gasteiger partial charge in [0.05, 0.1) is 0 Å². The minimum Gasteiger partial charge on any atom is -0.480 e. The molecule has 1 amide bonds. The number of carbonyl (C=O) groups is 2. The Bertz CT molecular complexity index is 1050. The zero-order valence-corrected chi connectivity index (χ0v) is 18.3. The molecule has 1 aliphatic carbocycles. The van der Waals surface area contributed by atoms with Gasteiger partial charge in [-0.3, -0.25) is 0 Å². The highest BCUT2D eigenvalue weighted by Crippen LogP contribution is 2.44. The number of aryl methyl sites for hydroxylation is 1. The van der Waals surface area contributed by atoms with Crippen molar-refractivity contribution in [2.45, 2.75) is 24.8 Å². The van der Waals surface area contributed by atoms with Crippen molar-refractivity contribution in [2.75, 3.05) is 6.61 Å². The number of carboxylic acid groups (broad SMARTS) is 1. The van der Waals surface area contributed by atoms with Gasteiger partial charge in [0, 0.05) is 10.4 Å². The first-order chi connectivity index (χ1) is 15.0. The van der Waals surface area contributed by atoms with E-state index in [9.17, 15) is 14.7 Å². The van der Waals surface area contributed by atoms with Gasteiger partial charge in [-0.25, -0.2) is 9.59 Å². The van der Waals surface area contributed by atoms with Crippen LogP contribution in [0.25, 0.3) is 11.1 Å². The lowest BCUT2D eigenvalue weighted by Crippen LogP contribution is -2.41. The van der Waals surface area contributed by atoms with E-state index in [0.29, 0.717) is 6.42 Å². The summed E-state index contributed by atoms with van der Waals surface area (Å²) < 4.78 is 6.43. The van der Waals surface area contributed by atoms with Gasteiger partial charge in [-0.05, 0) is 52.8 Å². The molecule has 3 aromatic carbocycles. The van der Waals surface area contributed by atoms with Crippen molar-refractivity contribution < 1.29 is 19.4 Å². The Kier molecular flexibility index (Phi) is 6.37. The molecule has 0 saturated heterocycles. The first-order valence-electron chi connectivity index (χ1n) is 10.1. The largest absolute Gasteiger partial charge is 0.480 e. The van der Waals surface area contributed by atoms with Gasteiger partial charge in [0.25, 0.3) is 0 Å². The van der Waals surface area contributed by atoms with Crippen molar-refractivity contribution >= 4 is 28.0 Å². The zero-order chi connectivity index (χ0) is 21.8. The maximum absolute atomic E-state index is 12.4. The maximum atomic E-state index is 12.4. The van der Waals surface area contributed by atoms with Crippen LogP contribution in [0.2, 0.25) is 0 Å². The molecular formula is C25H22BrNO4. The van der Waals surface area contributed by atoms with E-state index in [4.69, 9.17) is 4.74 Å². The van der Waals surface area contributed by atoms with Crippen molar-refractivity contribution in [2.24, 2.45) is 0 Å². The van der Waals surface area contributed by atoms with Gasteiger partial charge in [-0.2, -0.15) is 0 Å². The number of aliphatic carboxylic acids is 1. The van der Waals surface area contributed by atoms with Crippen LogP contribution in [0.15, 0.2) is 77.3 Å². The normalized spacial score (nSPS) is 13.2. The van der Waals surface area contributed by atoms with Crippen molar-refractivity contribution in [3.63, 3.8) is 0 Å². The SMILES string of the molecule is O=C(N[C@H](CCc1ccc(Br)cc1)C(=O)O)OCC1c2ccccc2-c2ccccc21. The lowest BCUT2D eigenvalue weighted by molar-refractivity contribution is -0.139. The van der Waals surface area contributed by atoms with Gasteiger partial charge >= 0.3 is 12.1 Å². The fraction of sp³-hybridized carbons (Fsp3) is 0.200. The van der Waals surface area contributed by atoms with Gasteiger partial charge in [0.1, 0.15) is 12.6 Å². The van der Waals surface area contributed by atoms with Crippen LogP contribution in [0.3, 0.4) is 0 Å². The lowest BCUT2D eigenvalue weighted by atomic mass is 9.98. The minimum atomic E-state index is -1.08. The molecule has 0 fully saturated rings. The quantitative estimate of drug-likeness (QED) is 0.477. The highest BCUT2D eigenvalue weighted by atomic mass is 79.9. The summed E-state index contributed by atoms with van der Waals surface area (Å²) in [7, 11) is 0. The van der Waals surface area contributed by atoms with E-state index in [0.717, 1.165) is 32.3 Å². The molecule has 4 rings (SSSR count). The second-order valence-electron chi connectivity index (χ2n) is 7.53. The van der Waals surface area contributed by atoms with Crippen molar-refractivity contribution in [3.8, 4) is 11.1 Å². The van der Waals surface area contributed by atoms with Crippen molar-refractivity contribution in [1.82, 2.24) is 5.32 Å². The highest BCUT2D eigenvalue weighted by Gasteiger charge is 2.29. The van der Waals surface area contributed by atoms with Crippen LogP contribution in [0.1, 0.15) is 29.0 Å². The van der Waals surface area contributed by atoms with E-state index in [1.807, 2.05) is 60.7 Å². The third kappa shape index (κ3) is 4.80. The van der Waals surface area contributed by atoms with E-state index in [1.54, 1.807) is 0 Å². The number of rotatable bonds is 7. The number of ether oxygens (including phenoxy) is 1. The van der Waals surface area contributed by atoms with Gasteiger partial charge in [-0.15, -0.1) is 0 Å². The molecule has 6 heteroatoms. The third-order valence-corrected chi connectivity index (χ3v) is 6.10. The Morgan fingerprint density at radius 3 is 2.10 bits per heavy atom. The van der Waals surface area contributed by atoms with Crippen LogP contribution in [0, 0.1) is 0 Å². The summed E-state index contributed by atoms with van der Waals surface area (Å²) in [5.74, 6) is -1.14. The molecule has 3 aromatic rings. The fourth-order valence-electron chi connectivity index (χ4n) is 4.00. The number of benzene rings is 3. The van der Waals surface area contributed by atoms with E-state index in [2.05, 4.69) is 33.4 Å². The number of hydrogen-bond acceptors (Lipinski definition) is 3. The van der Waals surface area contributed by atoms with E-state index in [-0.39, 0.29) is 18.9 Å². The summed E-state index contributed by atoms with van der Waals surface area (Å²) in [6.07, 6.45) is 0.0970. The number of hydrogen-bond donors (Lipinski definition) is 2. The molecule has 0 heterocycles. The molecule has 2 N–H and O–H groups in total. The van der Waals surface area contributed by atoms with Crippen LogP contribution in [0.4, 0.5) is 4.79 Å². The average molecular weight is 480 g/mol. The van der Waals surface area contributed by atoms with E-state index < -0.39 is 18.1 Å². The molecule has 0 spiro atoms. The van der Waals surface area contributed by atoms with Crippen LogP contribution in [0.5, 0.6) is 0 Å². The molecule has 0 radical (unpaired) electrons. The van der Waals surface area contributed by atoms with E-state index >= 15 is 0 Å². The summed E-state index contributed by atoms with van der Waals surface area (Å²) in [5, 5.41) is 12.0. The molecule has 158 valence electrons. The summed E-state index contributed by atoms with van der Waals surface area (Å²) in [6.45, 7) is 0.152. The summed E-state index contributed by atoms with van der Waals surface area (Å²) in [4.78, 5) is 24.0. The number of carbonyl (C=O) groups excluding carboxylic acids is 1. The predicted molar refractivity (Wildman–Crippen MR) is 122 cm³/mol. The minimum absolute atomic E-state index is 0.0656. The first kappa shape index (κ1) is 21.1. The average Bonchev–Trinajstić information content (AvgIpc) is 3.10. The van der Waals surface area contributed by atoms with Crippen LogP contribution in [-0.2, 0) is 16.0 Å². The Morgan fingerprint density at radius 1 is 0.935 bits per heavy atom. The second kappa shape index (κ2) is 9.35. The van der Waals surface area contributed by atoms with E-state index in [1.165, 1.54) is 0 Å². The smallest absolute Gasteiger partial charge is 0.407 e. The van der Waals surface area contributed by atoms with Gasteiger partial charge in [-0.1, -0.05) is 76.6 Å². The molecule has 1 atom stereocenters. The van der Waals surface area contributed by atoms with Crippen LogP contribution >= 0.6 is 15.9 Å². The first-order valence-corrected chi connectivity index (χ1v) is 10.9. The van der Waals surface area contributed by atoms with Crippen molar-refractivity contribution in [1.29, 1.82) is 0 Å². The Balaban J connectivity index is 1.38. The number of alkyl carbamates (subject to hydrolysis) is 1. The molecule has 1 aliphatic rings. The number of carboxylic acids is 1. The number of fused-ring (bicyclic) bond motifs is 3. The number of nitrogens with one attached hydrogen (secondary N) is 1. The third-order valence-electron chi connectivity index (χ3n) is 5.57. The molecule has 0 aliphatic heterocycles. The predicted octanol–water partition coefficient (Wildman–Crippen LogP) is 5.37. The summed E-state index contributed by atoms with van der Waals surface area (Å²) in [5.41, 5.74) is 5.52. The second-order valence-corrected chi connectivity index (χ2v) is 8.44. The lowest BCUT2D eigenvalue weighted by Gasteiger charge is -2.17. The molecule has 0 unspecified atom stereocenters. The number of halogens is 1. The maximum Gasteiger partial charge on any atom is 0.407 e. The van der Waals surface area contributed by atoms with Crippen LogP contribution < -0.4 is 5.32 Å². The van der Waals surface area contributed by atoms with Gasteiger partial charge < -0.3 is 15.2 Å². The van der Waals surface area contributed by atoms with Gasteiger partial charge in [0.2, 0.25) is 0 Å². The Morgan fingerprint density at radius 2 is 1.52 bits per heavy atom. The highest BCUT2D eigenvalue weighted by molar-refractivity contribution is 9.10. The molecule has 0 saturated carbocycles.